The average molecular weight is 570 g/mol. The maximum atomic E-state index is 2.72. The van der Waals surface area contributed by atoms with E-state index in [1.807, 2.05) is 0 Å². The van der Waals surface area contributed by atoms with E-state index in [0.717, 1.165) is 6.42 Å². The molecule has 0 bridgehead atoms. The second-order valence-corrected chi connectivity index (χ2v) is 15.0. The van der Waals surface area contributed by atoms with E-state index in [2.05, 4.69) is 156 Å². The molecule has 1 aliphatic carbocycles. The van der Waals surface area contributed by atoms with E-state index in [0.29, 0.717) is 5.92 Å². The van der Waals surface area contributed by atoms with Gasteiger partial charge in [-0.1, -0.05) is 139 Å². The lowest BCUT2D eigenvalue weighted by Crippen LogP contribution is -2.50. The number of allylic oxidation sites excluding steroid dienone is 4. The van der Waals surface area contributed by atoms with Crippen LogP contribution in [0, 0.1) is 5.92 Å². The second kappa shape index (κ2) is 8.42. The van der Waals surface area contributed by atoms with Gasteiger partial charge in [-0.3, -0.25) is 0 Å². The Morgan fingerprint density at radius 3 is 1.86 bits per heavy atom. The molecule has 3 heterocycles. The smallest absolute Gasteiger partial charge is 0.0541 e. The lowest BCUT2D eigenvalue weighted by molar-refractivity contribution is 0.335. The van der Waals surface area contributed by atoms with Crippen LogP contribution in [0.5, 0.6) is 0 Å². The highest BCUT2D eigenvalue weighted by Gasteiger charge is 2.54. The summed E-state index contributed by atoms with van der Waals surface area (Å²) in [5.74, 6) is 0.459. The third kappa shape index (κ3) is 3.10. The molecule has 0 radical (unpaired) electrons. The molecule has 1 nitrogen and oxygen atoms in total. The van der Waals surface area contributed by atoms with Gasteiger partial charge in [-0.2, -0.15) is 0 Å². The van der Waals surface area contributed by atoms with E-state index >= 15 is 0 Å². The van der Waals surface area contributed by atoms with Crippen molar-refractivity contribution in [3.8, 4) is 22.3 Å². The Morgan fingerprint density at radius 1 is 0.568 bits per heavy atom. The molecule has 3 aliphatic heterocycles. The number of benzene rings is 5. The number of para-hydroxylation sites is 1. The molecule has 4 aliphatic rings. The molecule has 216 valence electrons. The highest BCUT2D eigenvalue weighted by molar-refractivity contribution is 6.05. The highest BCUT2D eigenvalue weighted by atomic mass is 15.2. The Balaban J connectivity index is 1.37. The van der Waals surface area contributed by atoms with Crippen molar-refractivity contribution in [1.29, 1.82) is 0 Å². The first-order valence-electron chi connectivity index (χ1n) is 16.2. The first-order valence-corrected chi connectivity index (χ1v) is 16.2. The highest BCUT2D eigenvalue weighted by Crippen LogP contribution is 2.66. The number of fused-ring (bicyclic) bond motifs is 1. The Bertz CT molecular complexity index is 2120. The summed E-state index contributed by atoms with van der Waals surface area (Å²) in [5.41, 5.74) is 16.7. The molecule has 1 heteroatoms. The molecule has 5 aromatic carbocycles. The summed E-state index contributed by atoms with van der Waals surface area (Å²) >= 11 is 0. The maximum Gasteiger partial charge on any atom is 0.0541 e. The molecule has 1 unspecified atom stereocenters. The molecule has 0 saturated heterocycles. The summed E-state index contributed by atoms with van der Waals surface area (Å²) in [6.45, 7) is 14.8. The number of nitrogens with zero attached hydrogens (tertiary/aromatic N) is 1. The summed E-state index contributed by atoms with van der Waals surface area (Å²) in [5, 5.41) is 2.61. The van der Waals surface area contributed by atoms with E-state index in [1.165, 1.54) is 77.9 Å². The van der Waals surface area contributed by atoms with E-state index < -0.39 is 0 Å². The molecule has 9 rings (SSSR count). The first-order chi connectivity index (χ1) is 21.1. The quantitative estimate of drug-likeness (QED) is 0.204. The molecule has 0 fully saturated rings. The van der Waals surface area contributed by atoms with Crippen LogP contribution < -0.4 is 4.90 Å². The van der Waals surface area contributed by atoms with E-state index in [9.17, 15) is 0 Å². The topological polar surface area (TPSA) is 3.24 Å². The predicted molar refractivity (Wildman–Crippen MR) is 186 cm³/mol. The lowest BCUT2D eigenvalue weighted by atomic mass is 9.56. The molecular formula is C43H39N. The van der Waals surface area contributed by atoms with Gasteiger partial charge in [0, 0.05) is 27.9 Å². The fraction of sp³-hybridized carbons (Fsp3) is 0.256. The molecule has 44 heavy (non-hydrogen) atoms. The van der Waals surface area contributed by atoms with Crippen LogP contribution in [0.25, 0.3) is 33.0 Å². The summed E-state index contributed by atoms with van der Waals surface area (Å²) in [6, 6.07) is 36.6. The number of hydrogen-bond donors (Lipinski definition) is 0. The van der Waals surface area contributed by atoms with E-state index in [-0.39, 0.29) is 16.2 Å². The molecular weight excluding hydrogens is 530 g/mol. The number of rotatable bonds is 2. The number of anilines is 2. The number of hydrogen-bond acceptors (Lipinski definition) is 1. The van der Waals surface area contributed by atoms with Gasteiger partial charge in [0.1, 0.15) is 0 Å². The van der Waals surface area contributed by atoms with Crippen molar-refractivity contribution in [3.63, 3.8) is 0 Å². The van der Waals surface area contributed by atoms with Crippen LogP contribution in [-0.2, 0) is 16.2 Å². The van der Waals surface area contributed by atoms with Crippen LogP contribution in [0.15, 0.2) is 120 Å². The van der Waals surface area contributed by atoms with Crippen LogP contribution in [-0.4, -0.2) is 0 Å². The maximum absolute atomic E-state index is 2.72. The van der Waals surface area contributed by atoms with E-state index in [4.69, 9.17) is 0 Å². The van der Waals surface area contributed by atoms with Crippen molar-refractivity contribution < 1.29 is 0 Å². The Hall–Kier alpha value is -4.36. The molecule has 0 saturated carbocycles. The van der Waals surface area contributed by atoms with Crippen molar-refractivity contribution in [2.75, 3.05) is 4.90 Å². The van der Waals surface area contributed by atoms with Gasteiger partial charge in [0.25, 0.3) is 0 Å². The molecule has 0 amide bonds. The minimum absolute atomic E-state index is 0.0632. The first kappa shape index (κ1) is 26.1. The van der Waals surface area contributed by atoms with Crippen LogP contribution in [0.1, 0.15) is 70.2 Å². The van der Waals surface area contributed by atoms with Crippen molar-refractivity contribution in [2.24, 2.45) is 5.92 Å². The summed E-state index contributed by atoms with van der Waals surface area (Å²) in [7, 11) is 0. The minimum Gasteiger partial charge on any atom is -0.312 e. The third-order valence-electron chi connectivity index (χ3n) is 11.7. The molecule has 5 aromatic rings. The fourth-order valence-electron chi connectivity index (χ4n) is 9.19. The summed E-state index contributed by atoms with van der Waals surface area (Å²) in [4.78, 5) is 2.72. The Morgan fingerprint density at radius 2 is 1.16 bits per heavy atom. The molecule has 0 N–H and O–H groups in total. The van der Waals surface area contributed by atoms with E-state index in [1.54, 1.807) is 0 Å². The standard InChI is InChI=1S/C43H39N/c1-41(2)32-18-12-20-34-38(32)44-39-33(41)19-13-21-35(39)43(5,6)37-25-27(24-36(40(37)44)42(34,3)4)29-23-22-28(26-14-8-7-9-15-26)30-16-10-11-17-31(29)30/h7-18,20-25,33H,19H2,1-6H3. The van der Waals surface area contributed by atoms with Crippen LogP contribution in [0.4, 0.5) is 11.4 Å². The van der Waals surface area contributed by atoms with Crippen LogP contribution in [0.2, 0.25) is 0 Å². The molecule has 0 aromatic heterocycles. The van der Waals surface area contributed by atoms with Crippen molar-refractivity contribution in [3.05, 3.63) is 143 Å². The SMILES string of the molecule is CC1(C)C2=C3C(CC=C2)C(C)(C)c2cccc4c2N3c2c1cc(-c1ccc(-c3ccccc3)c3ccccc13)cc2C4(C)C. The molecule has 1 atom stereocenters. The lowest BCUT2D eigenvalue weighted by Gasteiger charge is -2.58. The van der Waals surface area contributed by atoms with Gasteiger partial charge in [-0.05, 0) is 79.4 Å². The van der Waals surface area contributed by atoms with Gasteiger partial charge in [0.05, 0.1) is 11.4 Å². The van der Waals surface area contributed by atoms with Gasteiger partial charge in [0.2, 0.25) is 0 Å². The third-order valence-corrected chi connectivity index (χ3v) is 11.7. The van der Waals surface area contributed by atoms with Gasteiger partial charge < -0.3 is 4.90 Å². The van der Waals surface area contributed by atoms with Crippen molar-refractivity contribution in [2.45, 2.75) is 64.2 Å². The van der Waals surface area contributed by atoms with Crippen molar-refractivity contribution >= 4 is 22.1 Å². The average Bonchev–Trinajstić information content (AvgIpc) is 3.03. The zero-order chi connectivity index (χ0) is 30.2. The fourth-order valence-corrected chi connectivity index (χ4v) is 9.19. The second-order valence-electron chi connectivity index (χ2n) is 15.0. The van der Waals surface area contributed by atoms with Crippen LogP contribution >= 0.6 is 0 Å². The summed E-state index contributed by atoms with van der Waals surface area (Å²) in [6.07, 6.45) is 5.99. The van der Waals surface area contributed by atoms with Gasteiger partial charge in [-0.15, -0.1) is 0 Å². The zero-order valence-electron chi connectivity index (χ0n) is 26.6. The summed E-state index contributed by atoms with van der Waals surface area (Å²) < 4.78 is 0. The molecule has 0 spiro atoms. The monoisotopic (exact) mass is 569 g/mol. The van der Waals surface area contributed by atoms with Crippen molar-refractivity contribution in [1.82, 2.24) is 0 Å². The van der Waals surface area contributed by atoms with Gasteiger partial charge in [0.15, 0.2) is 0 Å². The Kier molecular flexibility index (Phi) is 4.99. The van der Waals surface area contributed by atoms with Gasteiger partial charge >= 0.3 is 0 Å². The predicted octanol–water partition coefficient (Wildman–Crippen LogP) is 11.4. The minimum atomic E-state index is -0.136. The van der Waals surface area contributed by atoms with Crippen LogP contribution in [0.3, 0.4) is 0 Å². The zero-order valence-corrected chi connectivity index (χ0v) is 26.6. The Labute approximate surface area is 261 Å². The van der Waals surface area contributed by atoms with Gasteiger partial charge in [-0.25, -0.2) is 0 Å². The largest absolute Gasteiger partial charge is 0.312 e. The normalized spacial score (nSPS) is 21.0.